The average Bonchev–Trinajstić information content (AvgIpc) is 2.38. The molecule has 1 N–H and O–H groups in total. The van der Waals surface area contributed by atoms with Crippen LogP contribution in [0.25, 0.3) is 0 Å². The lowest BCUT2D eigenvalue weighted by atomic mass is 9.76. The summed E-state index contributed by atoms with van der Waals surface area (Å²) in [6.07, 6.45) is 6.61. The van der Waals surface area contributed by atoms with E-state index in [0.717, 1.165) is 12.3 Å². The summed E-state index contributed by atoms with van der Waals surface area (Å²) in [7, 11) is 0. The van der Waals surface area contributed by atoms with Gasteiger partial charge in [-0.25, -0.2) is 0 Å². The molecule has 0 saturated heterocycles. The van der Waals surface area contributed by atoms with Crippen LogP contribution in [0, 0.1) is 0 Å². The van der Waals surface area contributed by atoms with Gasteiger partial charge in [0.25, 0.3) is 0 Å². The molecule has 0 atom stereocenters. The first kappa shape index (κ1) is 12.0. The second-order valence-electron chi connectivity index (χ2n) is 4.66. The van der Waals surface area contributed by atoms with Gasteiger partial charge in [-0.3, -0.25) is 0 Å². The quantitative estimate of drug-likeness (QED) is 0.763. The second-order valence-corrected chi connectivity index (χ2v) is 5.11. The van der Waals surface area contributed by atoms with E-state index >= 15 is 0 Å². The maximum atomic E-state index is 4.31. The third kappa shape index (κ3) is 2.61. The van der Waals surface area contributed by atoms with E-state index in [1.165, 1.54) is 37.7 Å². The molecule has 0 radical (unpaired) electrons. The van der Waals surface area contributed by atoms with Gasteiger partial charge < -0.3 is 5.32 Å². The van der Waals surface area contributed by atoms with Gasteiger partial charge in [0.15, 0.2) is 0 Å². The fourth-order valence-electron chi connectivity index (χ4n) is 2.78. The SMILES string of the molecule is SCCNC1(c2ccccc2)CCCCC1. The minimum absolute atomic E-state index is 0.224. The smallest absolute Gasteiger partial charge is 0.0434 e. The molecule has 0 unspecified atom stereocenters. The van der Waals surface area contributed by atoms with Crippen LogP contribution >= 0.6 is 12.6 Å². The van der Waals surface area contributed by atoms with E-state index in [9.17, 15) is 0 Å². The lowest BCUT2D eigenvalue weighted by Crippen LogP contribution is -2.44. The molecule has 1 aromatic carbocycles. The third-order valence-corrected chi connectivity index (χ3v) is 3.83. The molecule has 16 heavy (non-hydrogen) atoms. The van der Waals surface area contributed by atoms with Crippen molar-refractivity contribution in [2.24, 2.45) is 0 Å². The highest BCUT2D eigenvalue weighted by Gasteiger charge is 2.32. The van der Waals surface area contributed by atoms with Crippen molar-refractivity contribution in [1.82, 2.24) is 5.32 Å². The highest BCUT2D eigenvalue weighted by Crippen LogP contribution is 2.36. The van der Waals surface area contributed by atoms with Crippen LogP contribution < -0.4 is 5.32 Å². The molecule has 1 aromatic rings. The Kier molecular flexibility index (Phi) is 4.30. The van der Waals surface area contributed by atoms with Crippen LogP contribution in [0.4, 0.5) is 0 Å². The molecule has 0 aromatic heterocycles. The van der Waals surface area contributed by atoms with Crippen molar-refractivity contribution < 1.29 is 0 Å². The summed E-state index contributed by atoms with van der Waals surface area (Å²) < 4.78 is 0. The minimum atomic E-state index is 0.224. The zero-order chi connectivity index (χ0) is 11.3. The van der Waals surface area contributed by atoms with Crippen LogP contribution in [0.3, 0.4) is 0 Å². The molecule has 0 heterocycles. The molecule has 1 aliphatic rings. The number of hydrogen-bond acceptors (Lipinski definition) is 2. The van der Waals surface area contributed by atoms with Crippen LogP contribution in [0.1, 0.15) is 37.7 Å². The van der Waals surface area contributed by atoms with E-state index in [0.29, 0.717) is 0 Å². The normalized spacial score (nSPS) is 19.6. The average molecular weight is 235 g/mol. The van der Waals surface area contributed by atoms with Crippen LogP contribution in [-0.2, 0) is 5.54 Å². The van der Waals surface area contributed by atoms with E-state index in [1.54, 1.807) is 0 Å². The molecule has 0 bridgehead atoms. The molecule has 88 valence electrons. The van der Waals surface area contributed by atoms with Gasteiger partial charge in [0, 0.05) is 17.8 Å². The number of benzene rings is 1. The Morgan fingerprint density at radius 1 is 1.06 bits per heavy atom. The summed E-state index contributed by atoms with van der Waals surface area (Å²) in [5.41, 5.74) is 1.68. The lowest BCUT2D eigenvalue weighted by Gasteiger charge is -2.39. The van der Waals surface area contributed by atoms with E-state index in [1.807, 2.05) is 0 Å². The highest BCUT2D eigenvalue weighted by molar-refractivity contribution is 7.80. The maximum absolute atomic E-state index is 4.31. The Hall–Kier alpha value is -0.470. The summed E-state index contributed by atoms with van der Waals surface area (Å²) in [6.45, 7) is 0.998. The molecular weight excluding hydrogens is 214 g/mol. The fraction of sp³-hybridized carbons (Fsp3) is 0.571. The van der Waals surface area contributed by atoms with Crippen molar-refractivity contribution in [3.63, 3.8) is 0 Å². The van der Waals surface area contributed by atoms with E-state index in [-0.39, 0.29) is 5.54 Å². The Morgan fingerprint density at radius 2 is 1.75 bits per heavy atom. The van der Waals surface area contributed by atoms with Crippen molar-refractivity contribution in [1.29, 1.82) is 0 Å². The predicted molar refractivity (Wildman–Crippen MR) is 73.1 cm³/mol. The fourth-order valence-corrected chi connectivity index (χ4v) is 2.89. The molecule has 0 aliphatic heterocycles. The molecule has 1 fully saturated rings. The van der Waals surface area contributed by atoms with Gasteiger partial charge in [0.1, 0.15) is 0 Å². The molecular formula is C14H21NS. The summed E-state index contributed by atoms with van der Waals surface area (Å²) in [4.78, 5) is 0. The number of rotatable bonds is 4. The maximum Gasteiger partial charge on any atom is 0.0434 e. The molecule has 2 heteroatoms. The number of nitrogens with one attached hydrogen (secondary N) is 1. The first-order valence-corrected chi connectivity index (χ1v) is 6.92. The molecule has 1 nitrogen and oxygen atoms in total. The first-order chi connectivity index (χ1) is 7.87. The highest BCUT2D eigenvalue weighted by atomic mass is 32.1. The molecule has 0 amide bonds. The topological polar surface area (TPSA) is 12.0 Å². The van der Waals surface area contributed by atoms with Crippen LogP contribution in [-0.4, -0.2) is 12.3 Å². The summed E-state index contributed by atoms with van der Waals surface area (Å²) in [5.74, 6) is 0.911. The van der Waals surface area contributed by atoms with Crippen molar-refractivity contribution in [3.05, 3.63) is 35.9 Å². The number of hydrogen-bond donors (Lipinski definition) is 2. The molecule has 2 rings (SSSR count). The Labute approximate surface area is 104 Å². The van der Waals surface area contributed by atoms with Gasteiger partial charge in [-0.05, 0) is 18.4 Å². The van der Waals surface area contributed by atoms with Crippen molar-refractivity contribution in [3.8, 4) is 0 Å². The lowest BCUT2D eigenvalue weighted by molar-refractivity contribution is 0.239. The van der Waals surface area contributed by atoms with E-state index < -0.39 is 0 Å². The molecule has 1 saturated carbocycles. The van der Waals surface area contributed by atoms with Gasteiger partial charge in [0.05, 0.1) is 0 Å². The third-order valence-electron chi connectivity index (χ3n) is 3.61. The van der Waals surface area contributed by atoms with Gasteiger partial charge >= 0.3 is 0 Å². The van der Waals surface area contributed by atoms with Crippen molar-refractivity contribution in [2.75, 3.05) is 12.3 Å². The van der Waals surface area contributed by atoms with Crippen LogP contribution in [0.5, 0.6) is 0 Å². The summed E-state index contributed by atoms with van der Waals surface area (Å²) in [6, 6.07) is 10.9. The first-order valence-electron chi connectivity index (χ1n) is 6.29. The Bertz CT molecular complexity index is 304. The Balaban J connectivity index is 2.19. The summed E-state index contributed by atoms with van der Waals surface area (Å²) in [5, 5.41) is 3.72. The number of thiol groups is 1. The summed E-state index contributed by atoms with van der Waals surface area (Å²) >= 11 is 4.31. The molecule has 1 aliphatic carbocycles. The predicted octanol–water partition coefficient (Wildman–Crippen LogP) is 3.37. The second kappa shape index (κ2) is 5.74. The monoisotopic (exact) mass is 235 g/mol. The molecule has 0 spiro atoms. The van der Waals surface area contributed by atoms with Crippen molar-refractivity contribution in [2.45, 2.75) is 37.6 Å². The van der Waals surface area contributed by atoms with E-state index in [2.05, 4.69) is 48.3 Å². The standard InChI is InChI=1S/C14H21NS/c16-12-11-15-14(9-5-2-6-10-14)13-7-3-1-4-8-13/h1,3-4,7-8,15-16H,2,5-6,9-12H2. The Morgan fingerprint density at radius 3 is 2.38 bits per heavy atom. The van der Waals surface area contributed by atoms with Gasteiger partial charge in [-0.2, -0.15) is 12.6 Å². The van der Waals surface area contributed by atoms with Gasteiger partial charge in [-0.1, -0.05) is 49.6 Å². The van der Waals surface area contributed by atoms with Gasteiger partial charge in [0.2, 0.25) is 0 Å². The van der Waals surface area contributed by atoms with Gasteiger partial charge in [-0.15, -0.1) is 0 Å². The zero-order valence-electron chi connectivity index (χ0n) is 9.78. The van der Waals surface area contributed by atoms with Crippen LogP contribution in [0.2, 0.25) is 0 Å². The van der Waals surface area contributed by atoms with E-state index in [4.69, 9.17) is 0 Å². The largest absolute Gasteiger partial charge is 0.307 e. The van der Waals surface area contributed by atoms with Crippen molar-refractivity contribution >= 4 is 12.6 Å². The van der Waals surface area contributed by atoms with Crippen LogP contribution in [0.15, 0.2) is 30.3 Å². The minimum Gasteiger partial charge on any atom is -0.307 e. The zero-order valence-corrected chi connectivity index (χ0v) is 10.7.